The number of amides is 2. The van der Waals surface area contributed by atoms with Gasteiger partial charge in [-0.3, -0.25) is 9.59 Å². The molecule has 0 aliphatic heterocycles. The lowest BCUT2D eigenvalue weighted by Crippen LogP contribution is -2.48. The predicted molar refractivity (Wildman–Crippen MR) is 107 cm³/mol. The third-order valence-electron chi connectivity index (χ3n) is 4.71. The van der Waals surface area contributed by atoms with Gasteiger partial charge < -0.3 is 15.0 Å². The van der Waals surface area contributed by atoms with E-state index in [9.17, 15) is 9.59 Å². The van der Waals surface area contributed by atoms with E-state index < -0.39 is 6.04 Å². The Morgan fingerprint density at radius 1 is 1.07 bits per heavy atom. The fourth-order valence-corrected chi connectivity index (χ4v) is 2.85. The Labute approximate surface area is 161 Å². The summed E-state index contributed by atoms with van der Waals surface area (Å²) in [7, 11) is 1.57. The molecule has 1 atom stereocenters. The summed E-state index contributed by atoms with van der Waals surface area (Å²) in [5, 5.41) is 2.62. The summed E-state index contributed by atoms with van der Waals surface area (Å²) in [6.45, 7) is 7.89. The first kappa shape index (κ1) is 20.5. The van der Waals surface area contributed by atoms with Crippen molar-refractivity contribution in [3.8, 4) is 5.75 Å². The van der Waals surface area contributed by atoms with Crippen LogP contribution in [0, 0.1) is 20.8 Å². The molecule has 0 fully saturated rings. The van der Waals surface area contributed by atoms with Crippen LogP contribution < -0.4 is 10.1 Å². The molecule has 0 unspecified atom stereocenters. The maximum Gasteiger partial charge on any atom is 0.261 e. The molecule has 27 heavy (non-hydrogen) atoms. The third kappa shape index (κ3) is 5.33. The summed E-state index contributed by atoms with van der Waals surface area (Å²) in [6.07, 6.45) is 0. The van der Waals surface area contributed by atoms with Gasteiger partial charge in [-0.15, -0.1) is 0 Å². The number of rotatable bonds is 7. The minimum atomic E-state index is -0.593. The van der Waals surface area contributed by atoms with Crippen LogP contribution in [-0.4, -0.2) is 36.4 Å². The highest BCUT2D eigenvalue weighted by Gasteiger charge is 2.26. The Morgan fingerprint density at radius 2 is 1.78 bits per heavy atom. The van der Waals surface area contributed by atoms with Crippen molar-refractivity contribution in [1.29, 1.82) is 0 Å². The molecule has 0 aliphatic carbocycles. The van der Waals surface area contributed by atoms with E-state index in [1.54, 1.807) is 18.9 Å². The van der Waals surface area contributed by atoms with Gasteiger partial charge in [0.2, 0.25) is 5.91 Å². The summed E-state index contributed by atoms with van der Waals surface area (Å²) in [5.74, 6) is 0.255. The highest BCUT2D eigenvalue weighted by atomic mass is 16.5. The van der Waals surface area contributed by atoms with E-state index in [-0.39, 0.29) is 18.4 Å². The molecular weight excluding hydrogens is 340 g/mol. The van der Waals surface area contributed by atoms with E-state index in [1.165, 1.54) is 0 Å². The van der Waals surface area contributed by atoms with Gasteiger partial charge in [-0.2, -0.15) is 0 Å². The highest BCUT2D eigenvalue weighted by molar-refractivity contribution is 5.87. The number of aryl methyl sites for hydroxylation is 3. The zero-order chi connectivity index (χ0) is 20.0. The van der Waals surface area contributed by atoms with Gasteiger partial charge in [0.25, 0.3) is 5.91 Å². The minimum Gasteiger partial charge on any atom is -0.483 e. The molecule has 0 bridgehead atoms. The van der Waals surface area contributed by atoms with Gasteiger partial charge in [0.05, 0.1) is 0 Å². The van der Waals surface area contributed by atoms with Crippen LogP contribution in [0.15, 0.2) is 42.5 Å². The molecule has 144 valence electrons. The largest absolute Gasteiger partial charge is 0.483 e. The molecule has 0 saturated heterocycles. The Bertz CT molecular complexity index is 817. The maximum atomic E-state index is 12.9. The molecule has 5 nitrogen and oxygen atoms in total. The standard InChI is InChI=1S/C22H28N2O3/c1-15-10-11-17(3)20(12-15)27-14-21(25)24(18(4)22(26)23-5)13-19-9-7-6-8-16(19)2/h6-12,18H,13-14H2,1-5H3,(H,23,26)/t18-/m1/s1. The predicted octanol–water partition coefficient (Wildman–Crippen LogP) is 3.15. The van der Waals surface area contributed by atoms with Crippen LogP contribution in [0.25, 0.3) is 0 Å². The molecule has 1 N–H and O–H groups in total. The third-order valence-corrected chi connectivity index (χ3v) is 4.71. The van der Waals surface area contributed by atoms with E-state index >= 15 is 0 Å². The number of ether oxygens (including phenoxy) is 1. The monoisotopic (exact) mass is 368 g/mol. The summed E-state index contributed by atoms with van der Waals surface area (Å²) < 4.78 is 5.77. The van der Waals surface area contributed by atoms with Gasteiger partial charge in [0.15, 0.2) is 6.61 Å². The van der Waals surface area contributed by atoms with Crippen LogP contribution >= 0.6 is 0 Å². The van der Waals surface area contributed by atoms with Crippen LogP contribution in [0.1, 0.15) is 29.2 Å². The van der Waals surface area contributed by atoms with Crippen molar-refractivity contribution < 1.29 is 14.3 Å². The Kier molecular flexibility index (Phi) is 6.99. The Hall–Kier alpha value is -2.82. The minimum absolute atomic E-state index is 0.114. The quantitative estimate of drug-likeness (QED) is 0.817. The molecule has 0 radical (unpaired) electrons. The SMILES string of the molecule is CNC(=O)[C@@H](C)N(Cc1ccccc1C)C(=O)COc1cc(C)ccc1C. The number of carbonyl (C=O) groups is 2. The van der Waals surface area contributed by atoms with Crippen LogP contribution in [0.2, 0.25) is 0 Å². The van der Waals surface area contributed by atoms with E-state index in [1.807, 2.05) is 63.2 Å². The molecule has 0 spiro atoms. The molecule has 0 saturated carbocycles. The van der Waals surface area contributed by atoms with E-state index in [2.05, 4.69) is 5.32 Å². The van der Waals surface area contributed by atoms with Crippen molar-refractivity contribution in [3.05, 3.63) is 64.7 Å². The summed E-state index contributed by atoms with van der Waals surface area (Å²) in [4.78, 5) is 26.6. The number of hydrogen-bond donors (Lipinski definition) is 1. The fraction of sp³-hybridized carbons (Fsp3) is 0.364. The topological polar surface area (TPSA) is 58.6 Å². The molecule has 2 aromatic rings. The van der Waals surface area contributed by atoms with E-state index in [4.69, 9.17) is 4.74 Å². The van der Waals surface area contributed by atoms with Crippen LogP contribution in [0.3, 0.4) is 0 Å². The number of hydrogen-bond acceptors (Lipinski definition) is 3. The highest BCUT2D eigenvalue weighted by Crippen LogP contribution is 2.20. The lowest BCUT2D eigenvalue weighted by Gasteiger charge is -2.29. The van der Waals surface area contributed by atoms with Crippen LogP contribution in [-0.2, 0) is 16.1 Å². The molecule has 0 heterocycles. The first-order chi connectivity index (χ1) is 12.8. The fourth-order valence-electron chi connectivity index (χ4n) is 2.85. The number of benzene rings is 2. The lowest BCUT2D eigenvalue weighted by molar-refractivity contribution is -0.142. The van der Waals surface area contributed by atoms with Gasteiger partial charge in [-0.1, -0.05) is 36.4 Å². The smallest absolute Gasteiger partial charge is 0.261 e. The number of nitrogens with zero attached hydrogens (tertiary/aromatic N) is 1. The molecular formula is C22H28N2O3. The first-order valence-electron chi connectivity index (χ1n) is 9.09. The van der Waals surface area contributed by atoms with Crippen molar-refractivity contribution in [2.24, 2.45) is 0 Å². The van der Waals surface area contributed by atoms with Crippen molar-refractivity contribution in [2.45, 2.75) is 40.3 Å². The van der Waals surface area contributed by atoms with Crippen molar-refractivity contribution in [1.82, 2.24) is 10.2 Å². The second kappa shape index (κ2) is 9.21. The zero-order valence-electron chi connectivity index (χ0n) is 16.7. The van der Waals surface area contributed by atoms with Gasteiger partial charge in [-0.05, 0) is 56.0 Å². The zero-order valence-corrected chi connectivity index (χ0v) is 16.7. The number of likely N-dealkylation sites (N-methyl/N-ethyl adjacent to an activating group) is 1. The van der Waals surface area contributed by atoms with E-state index in [0.717, 1.165) is 22.3 Å². The van der Waals surface area contributed by atoms with Crippen LogP contribution in [0.4, 0.5) is 0 Å². The summed E-state index contributed by atoms with van der Waals surface area (Å²) in [5.41, 5.74) is 4.12. The molecule has 5 heteroatoms. The van der Waals surface area contributed by atoms with E-state index in [0.29, 0.717) is 12.3 Å². The first-order valence-corrected chi connectivity index (χ1v) is 9.09. The average Bonchev–Trinajstić information content (AvgIpc) is 2.66. The van der Waals surface area contributed by atoms with Crippen LogP contribution in [0.5, 0.6) is 5.75 Å². The second-order valence-electron chi connectivity index (χ2n) is 6.80. The van der Waals surface area contributed by atoms with Crippen molar-refractivity contribution in [3.63, 3.8) is 0 Å². The number of nitrogens with one attached hydrogen (secondary N) is 1. The molecule has 0 aromatic heterocycles. The molecule has 2 aromatic carbocycles. The second-order valence-corrected chi connectivity index (χ2v) is 6.80. The summed E-state index contributed by atoms with van der Waals surface area (Å²) in [6, 6.07) is 13.1. The average molecular weight is 368 g/mol. The molecule has 2 amide bonds. The van der Waals surface area contributed by atoms with Gasteiger partial charge >= 0.3 is 0 Å². The van der Waals surface area contributed by atoms with Gasteiger partial charge in [0, 0.05) is 13.6 Å². The normalized spacial score (nSPS) is 11.6. The Balaban J connectivity index is 2.18. The Morgan fingerprint density at radius 3 is 2.44 bits per heavy atom. The molecule has 0 aliphatic rings. The maximum absolute atomic E-state index is 12.9. The van der Waals surface area contributed by atoms with Crippen molar-refractivity contribution in [2.75, 3.05) is 13.7 Å². The van der Waals surface area contributed by atoms with Gasteiger partial charge in [-0.25, -0.2) is 0 Å². The lowest BCUT2D eigenvalue weighted by atomic mass is 10.1. The van der Waals surface area contributed by atoms with Crippen molar-refractivity contribution >= 4 is 11.8 Å². The summed E-state index contributed by atoms with van der Waals surface area (Å²) >= 11 is 0. The number of carbonyl (C=O) groups excluding carboxylic acids is 2. The molecule has 2 rings (SSSR count). The van der Waals surface area contributed by atoms with Gasteiger partial charge in [0.1, 0.15) is 11.8 Å².